The monoisotopic (exact) mass is 644 g/mol. The van der Waals surface area contributed by atoms with Crippen LogP contribution in [0, 0.1) is 0 Å². The van der Waals surface area contributed by atoms with Gasteiger partial charge in [-0.05, 0) is 23.7 Å². The minimum Gasteiger partial charge on any atom is -0.478 e. The summed E-state index contributed by atoms with van der Waals surface area (Å²) in [6, 6.07) is 4.62. The van der Waals surface area contributed by atoms with Crippen molar-refractivity contribution in [1.29, 1.82) is 0 Å². The number of hydrogen-bond donors (Lipinski definition) is 0. The normalized spacial score (nSPS) is 12.6. The predicted molar refractivity (Wildman–Crippen MR) is 160 cm³/mol. The molecule has 0 aliphatic rings. The summed E-state index contributed by atoms with van der Waals surface area (Å²) < 4.78 is 41.7. The van der Waals surface area contributed by atoms with E-state index < -0.39 is 24.1 Å². The molecule has 12 nitrogen and oxygen atoms in total. The molecule has 1 aromatic carbocycles. The summed E-state index contributed by atoms with van der Waals surface area (Å²) in [5.41, 5.74) is 9.02. The number of nitrogens with zero attached hydrogens (tertiary/aromatic N) is 8. The fourth-order valence-electron chi connectivity index (χ4n) is 3.38. The SMILES string of the molecule is COc1nc(SCC(N=[N+]=[N-])c2nccn2C)cnc1N(COCC[Si](C)(C)C)S(=O)(=O)c1cccc(Cl)c1Cl. The highest BCUT2D eigenvalue weighted by atomic mass is 35.5. The summed E-state index contributed by atoms with van der Waals surface area (Å²) >= 11 is 13.7. The maximum absolute atomic E-state index is 13.8. The van der Waals surface area contributed by atoms with Gasteiger partial charge in [0.25, 0.3) is 15.9 Å². The van der Waals surface area contributed by atoms with Crippen LogP contribution in [-0.4, -0.2) is 62.2 Å². The number of methoxy groups -OCH3 is 1. The molecule has 0 spiro atoms. The van der Waals surface area contributed by atoms with Crippen LogP contribution < -0.4 is 9.04 Å². The van der Waals surface area contributed by atoms with E-state index in [9.17, 15) is 8.42 Å². The first-order chi connectivity index (χ1) is 18.9. The Hall–Kier alpha value is -2.52. The highest BCUT2D eigenvalue weighted by Crippen LogP contribution is 2.36. The minimum atomic E-state index is -4.29. The lowest BCUT2D eigenvalue weighted by Crippen LogP contribution is -2.35. The molecule has 1 atom stereocenters. The Balaban J connectivity index is 1.94. The van der Waals surface area contributed by atoms with E-state index >= 15 is 0 Å². The molecule has 0 fully saturated rings. The molecular weight excluding hydrogens is 615 g/mol. The smallest absolute Gasteiger partial charge is 0.269 e. The molecule has 2 heterocycles. The number of thioether (sulfide) groups is 1. The molecule has 3 rings (SSSR count). The van der Waals surface area contributed by atoms with Gasteiger partial charge in [-0.1, -0.05) is 54.0 Å². The first-order valence-electron chi connectivity index (χ1n) is 12.0. The van der Waals surface area contributed by atoms with Gasteiger partial charge >= 0.3 is 0 Å². The maximum atomic E-state index is 13.8. The van der Waals surface area contributed by atoms with Crippen molar-refractivity contribution in [2.45, 2.75) is 41.6 Å². The largest absolute Gasteiger partial charge is 0.478 e. The number of aryl methyl sites for hydroxylation is 1. The number of benzene rings is 1. The van der Waals surface area contributed by atoms with Crippen LogP contribution in [0.5, 0.6) is 5.88 Å². The second-order valence-electron chi connectivity index (χ2n) is 9.72. The minimum absolute atomic E-state index is 0.0437. The third-order valence-electron chi connectivity index (χ3n) is 5.56. The summed E-state index contributed by atoms with van der Waals surface area (Å²) in [7, 11) is -2.55. The van der Waals surface area contributed by atoms with Crippen molar-refractivity contribution in [3.8, 4) is 5.88 Å². The van der Waals surface area contributed by atoms with Crippen LogP contribution in [-0.2, 0) is 21.8 Å². The number of rotatable bonds is 14. The number of hydrogen-bond acceptors (Lipinski definition) is 9. The van der Waals surface area contributed by atoms with Crippen LogP contribution in [0.4, 0.5) is 5.82 Å². The van der Waals surface area contributed by atoms with Gasteiger partial charge in [0.05, 0.1) is 23.4 Å². The Labute approximate surface area is 248 Å². The van der Waals surface area contributed by atoms with Crippen LogP contribution in [0.15, 0.2) is 51.8 Å². The molecule has 0 aliphatic carbocycles. The van der Waals surface area contributed by atoms with Gasteiger partial charge < -0.3 is 14.0 Å². The van der Waals surface area contributed by atoms with Gasteiger partial charge in [-0.3, -0.25) is 0 Å². The van der Waals surface area contributed by atoms with Gasteiger partial charge in [0.2, 0.25) is 5.82 Å². The number of halogens is 2. The zero-order chi connectivity index (χ0) is 29.5. The Morgan fingerprint density at radius 2 is 2.02 bits per heavy atom. The van der Waals surface area contributed by atoms with Gasteiger partial charge in [-0.2, -0.15) is 0 Å². The third kappa shape index (κ3) is 8.03. The molecular formula is C23H30Cl2N8O4S2Si. The molecule has 0 bridgehead atoms. The fourth-order valence-corrected chi connectivity index (χ4v) is 7.00. The Morgan fingerprint density at radius 3 is 2.65 bits per heavy atom. The van der Waals surface area contributed by atoms with E-state index in [0.29, 0.717) is 23.2 Å². The zero-order valence-corrected chi connectivity index (χ0v) is 26.8. The van der Waals surface area contributed by atoms with Crippen molar-refractivity contribution >= 4 is 58.9 Å². The van der Waals surface area contributed by atoms with E-state index in [1.165, 1.54) is 43.3 Å². The lowest BCUT2D eigenvalue weighted by molar-refractivity contribution is 0.155. The summed E-state index contributed by atoms with van der Waals surface area (Å²) in [6.07, 6.45) is 4.78. The van der Waals surface area contributed by atoms with E-state index in [4.69, 9.17) is 38.2 Å². The first-order valence-corrected chi connectivity index (χ1v) is 18.9. The average molecular weight is 646 g/mol. The van der Waals surface area contributed by atoms with E-state index in [0.717, 1.165) is 10.3 Å². The molecule has 2 aromatic heterocycles. The van der Waals surface area contributed by atoms with Crippen molar-refractivity contribution in [2.75, 3.05) is 30.5 Å². The van der Waals surface area contributed by atoms with E-state index in [-0.39, 0.29) is 33.4 Å². The standard InChI is InChI=1S/C23H30Cl2N8O4S2Si/c1-32-10-9-27-21(32)17(30-31-26)14-38-19-13-28-22(23(29-19)36-2)33(15-37-11-12-40(3,4)5)39(34,35)18-8-6-7-16(24)20(18)25/h6-10,13,17H,11-12,14-15H2,1-5H3. The van der Waals surface area contributed by atoms with Gasteiger partial charge in [0.1, 0.15) is 28.5 Å². The van der Waals surface area contributed by atoms with Crippen molar-refractivity contribution in [3.05, 3.63) is 63.1 Å². The van der Waals surface area contributed by atoms with Crippen LogP contribution >= 0.6 is 35.0 Å². The fraction of sp³-hybridized carbons (Fsp3) is 0.435. The average Bonchev–Trinajstić information content (AvgIpc) is 3.32. The van der Waals surface area contributed by atoms with E-state index in [1.54, 1.807) is 24.0 Å². The lowest BCUT2D eigenvalue weighted by Gasteiger charge is -2.25. The summed E-state index contributed by atoms with van der Waals surface area (Å²) in [4.78, 5) is 15.8. The third-order valence-corrected chi connectivity index (χ3v) is 10.9. The van der Waals surface area contributed by atoms with Crippen LogP contribution in [0.1, 0.15) is 11.9 Å². The Morgan fingerprint density at radius 1 is 1.27 bits per heavy atom. The van der Waals surface area contributed by atoms with Crippen molar-refractivity contribution < 1.29 is 17.9 Å². The summed E-state index contributed by atoms with van der Waals surface area (Å²) in [5, 5.41) is 4.24. The number of ether oxygens (including phenoxy) is 2. The highest BCUT2D eigenvalue weighted by Gasteiger charge is 2.32. The van der Waals surface area contributed by atoms with Crippen molar-refractivity contribution in [1.82, 2.24) is 19.5 Å². The molecule has 40 heavy (non-hydrogen) atoms. The number of anilines is 1. The van der Waals surface area contributed by atoms with Gasteiger partial charge in [-0.25, -0.2) is 27.7 Å². The van der Waals surface area contributed by atoms with Gasteiger partial charge in [0, 0.05) is 44.8 Å². The van der Waals surface area contributed by atoms with Crippen molar-refractivity contribution in [3.63, 3.8) is 0 Å². The zero-order valence-electron chi connectivity index (χ0n) is 22.7. The highest BCUT2D eigenvalue weighted by molar-refractivity contribution is 7.99. The summed E-state index contributed by atoms with van der Waals surface area (Å²) in [5.74, 6) is 0.781. The Kier molecular flexibility index (Phi) is 11.1. The molecule has 0 aliphatic heterocycles. The Bertz CT molecular complexity index is 1480. The molecule has 0 N–H and O–H groups in total. The quantitative estimate of drug-likeness (QED) is 0.0384. The molecule has 17 heteroatoms. The van der Waals surface area contributed by atoms with Crippen LogP contribution in [0.2, 0.25) is 35.7 Å². The second kappa shape index (κ2) is 13.9. The molecule has 1 unspecified atom stereocenters. The first kappa shape index (κ1) is 32.0. The van der Waals surface area contributed by atoms with Crippen LogP contribution in [0.3, 0.4) is 0 Å². The maximum Gasteiger partial charge on any atom is 0.269 e. The van der Waals surface area contributed by atoms with Gasteiger partial charge in [-0.15, -0.1) is 11.8 Å². The number of sulfonamides is 1. The van der Waals surface area contributed by atoms with E-state index in [2.05, 4.69) is 44.6 Å². The molecule has 0 amide bonds. The van der Waals surface area contributed by atoms with Crippen molar-refractivity contribution in [2.24, 2.45) is 12.2 Å². The molecule has 216 valence electrons. The molecule has 0 saturated carbocycles. The number of imidazole rings is 1. The lowest BCUT2D eigenvalue weighted by atomic mass is 10.3. The topological polar surface area (TPSA) is 148 Å². The van der Waals surface area contributed by atoms with Crippen LogP contribution in [0.25, 0.3) is 10.4 Å². The van der Waals surface area contributed by atoms with Gasteiger partial charge in [0.15, 0.2) is 0 Å². The molecule has 0 saturated heterocycles. The number of aromatic nitrogens is 4. The predicted octanol–water partition coefficient (Wildman–Crippen LogP) is 6.18. The second-order valence-corrected chi connectivity index (χ2v) is 19.0. The summed E-state index contributed by atoms with van der Waals surface area (Å²) in [6.45, 7) is 6.61. The van der Waals surface area contributed by atoms with E-state index in [1.807, 2.05) is 0 Å². The molecule has 3 aromatic rings. The number of azide groups is 1. The molecule has 0 radical (unpaired) electrons.